The van der Waals surface area contributed by atoms with Crippen molar-refractivity contribution in [1.82, 2.24) is 9.80 Å². The largest absolute Gasteiger partial charge is 0.306 e. The SMILES string of the molecule is CCCCCCCCCCCCN1C(=O)C2=C(c3ccc(-c4cc5c(s4)-c4cc6c(cc4[Si]5(C)C)-c4sc(C)cc4[Si]6(C)C)s3)N(CCCCCCCCCCCC)C(=O)C2=C1c1ccc(C)s1. The second-order valence-electron chi connectivity index (χ2n) is 21.4. The van der Waals surface area contributed by atoms with Crippen molar-refractivity contribution < 1.29 is 9.59 Å². The van der Waals surface area contributed by atoms with Gasteiger partial charge in [-0.15, -0.1) is 45.3 Å². The molecule has 68 heavy (non-hydrogen) atoms. The zero-order chi connectivity index (χ0) is 47.7. The number of thiophene rings is 4. The van der Waals surface area contributed by atoms with Crippen molar-refractivity contribution in [2.75, 3.05) is 13.1 Å². The van der Waals surface area contributed by atoms with Crippen molar-refractivity contribution in [3.8, 4) is 30.6 Å². The molecule has 0 fully saturated rings. The summed E-state index contributed by atoms with van der Waals surface area (Å²) in [6, 6.07) is 19.0. The van der Waals surface area contributed by atoms with Gasteiger partial charge in [0, 0.05) is 42.4 Å². The number of nitrogens with zero attached hydrogens (tertiary/aromatic N) is 2. The lowest BCUT2D eigenvalue weighted by atomic mass is 10.1. The average molecular weight is 1020 g/mol. The zero-order valence-corrected chi connectivity index (χ0v) is 47.8. The van der Waals surface area contributed by atoms with Crippen LogP contribution >= 0.6 is 45.3 Å². The molecule has 8 heterocycles. The van der Waals surface area contributed by atoms with E-state index in [1.807, 2.05) is 32.5 Å². The summed E-state index contributed by atoms with van der Waals surface area (Å²) in [6.07, 6.45) is 25.0. The van der Waals surface area contributed by atoms with Gasteiger partial charge in [0.25, 0.3) is 11.8 Å². The van der Waals surface area contributed by atoms with E-state index in [9.17, 15) is 0 Å². The molecule has 4 aliphatic heterocycles. The first-order chi connectivity index (χ1) is 32.9. The summed E-state index contributed by atoms with van der Waals surface area (Å²) in [5.41, 5.74) is 5.99. The van der Waals surface area contributed by atoms with E-state index < -0.39 is 16.1 Å². The Morgan fingerprint density at radius 2 is 0.824 bits per heavy atom. The van der Waals surface area contributed by atoms with Gasteiger partial charge >= 0.3 is 0 Å². The molecular weight excluding hydrogens is 941 g/mol. The Morgan fingerprint density at radius 1 is 0.412 bits per heavy atom. The molecule has 5 aromatic rings. The molecule has 2 amide bonds. The molecule has 0 saturated heterocycles. The minimum atomic E-state index is -1.95. The Morgan fingerprint density at radius 3 is 1.29 bits per heavy atom. The van der Waals surface area contributed by atoms with Crippen molar-refractivity contribution in [2.45, 2.75) is 182 Å². The highest BCUT2D eigenvalue weighted by atomic mass is 32.1. The summed E-state index contributed by atoms with van der Waals surface area (Å²) in [7, 11) is -3.74. The fourth-order valence-electron chi connectivity index (χ4n) is 11.7. The van der Waals surface area contributed by atoms with Gasteiger partial charge in [-0.3, -0.25) is 9.59 Å². The third-order valence-electron chi connectivity index (χ3n) is 15.6. The number of carbonyl (C=O) groups is 2. The molecule has 9 rings (SSSR count). The smallest absolute Gasteiger partial charge is 0.261 e. The van der Waals surface area contributed by atoms with E-state index in [0.29, 0.717) is 24.2 Å². The molecule has 0 spiro atoms. The summed E-state index contributed by atoms with van der Waals surface area (Å²) in [4.78, 5) is 44.5. The van der Waals surface area contributed by atoms with E-state index in [-0.39, 0.29) is 11.8 Å². The first-order valence-corrected chi connectivity index (χ1v) is 35.9. The van der Waals surface area contributed by atoms with Crippen LogP contribution in [0.5, 0.6) is 0 Å². The van der Waals surface area contributed by atoms with E-state index in [1.54, 1.807) is 43.4 Å². The monoisotopic (exact) mass is 1020 g/mol. The van der Waals surface area contributed by atoms with E-state index in [0.717, 1.165) is 46.8 Å². The predicted molar refractivity (Wildman–Crippen MR) is 305 cm³/mol. The van der Waals surface area contributed by atoms with Gasteiger partial charge in [-0.05, 0) is 95.0 Å². The van der Waals surface area contributed by atoms with Gasteiger partial charge in [-0.25, -0.2) is 0 Å². The molecule has 4 aliphatic rings. The number of rotatable bonds is 25. The quantitative estimate of drug-likeness (QED) is 0.0432. The maximum absolute atomic E-state index is 15.1. The normalized spacial score (nSPS) is 16.5. The van der Waals surface area contributed by atoms with E-state index in [4.69, 9.17) is 0 Å². The highest BCUT2D eigenvalue weighted by Crippen LogP contribution is 2.51. The third-order valence-corrected chi connectivity index (χ3v) is 27.5. The van der Waals surface area contributed by atoms with Crippen LogP contribution < -0.4 is 20.7 Å². The van der Waals surface area contributed by atoms with E-state index in [1.165, 1.54) is 143 Å². The van der Waals surface area contributed by atoms with Gasteiger partial charge in [-0.2, -0.15) is 0 Å². The minimum Gasteiger partial charge on any atom is -0.306 e. The Balaban J connectivity index is 1.00. The third kappa shape index (κ3) is 9.54. The van der Waals surface area contributed by atoms with Crippen LogP contribution in [-0.4, -0.2) is 50.9 Å². The molecule has 362 valence electrons. The lowest BCUT2D eigenvalue weighted by Crippen LogP contribution is -2.51. The molecule has 0 bridgehead atoms. The topological polar surface area (TPSA) is 40.6 Å². The lowest BCUT2D eigenvalue weighted by molar-refractivity contribution is -0.124. The molecule has 0 N–H and O–H groups in total. The summed E-state index contributed by atoms with van der Waals surface area (Å²) < 4.78 is 0. The lowest BCUT2D eigenvalue weighted by Gasteiger charge is -2.24. The zero-order valence-electron chi connectivity index (χ0n) is 42.5. The number of unbranched alkanes of at least 4 members (excludes halogenated alkanes) is 18. The van der Waals surface area contributed by atoms with Crippen molar-refractivity contribution in [2.24, 2.45) is 0 Å². The second kappa shape index (κ2) is 21.3. The summed E-state index contributed by atoms with van der Waals surface area (Å²) in [5, 5.41) is 6.38. The predicted octanol–water partition coefficient (Wildman–Crippen LogP) is 15.5. The van der Waals surface area contributed by atoms with Gasteiger partial charge in [0.1, 0.15) is 16.1 Å². The van der Waals surface area contributed by atoms with Crippen LogP contribution in [0.25, 0.3) is 42.0 Å². The van der Waals surface area contributed by atoms with E-state index >= 15 is 9.59 Å². The molecule has 0 aliphatic carbocycles. The molecule has 1 aromatic carbocycles. The van der Waals surface area contributed by atoms with Crippen molar-refractivity contribution in [1.29, 1.82) is 0 Å². The van der Waals surface area contributed by atoms with Crippen LogP contribution in [-0.2, 0) is 9.59 Å². The maximum atomic E-state index is 15.1. The Hall–Kier alpha value is -3.13. The number of hydrogen-bond donors (Lipinski definition) is 0. The first kappa shape index (κ1) is 49.8. The van der Waals surface area contributed by atoms with Crippen LogP contribution in [0.4, 0.5) is 0 Å². The summed E-state index contributed by atoms with van der Waals surface area (Å²) >= 11 is 7.44. The van der Waals surface area contributed by atoms with Crippen LogP contribution in [0.15, 0.2) is 59.7 Å². The Labute approximate surface area is 427 Å². The van der Waals surface area contributed by atoms with Gasteiger partial charge in [0.05, 0.1) is 32.3 Å². The maximum Gasteiger partial charge on any atom is 0.261 e. The van der Waals surface area contributed by atoms with Crippen LogP contribution in [0.1, 0.15) is 162 Å². The number of aryl methyl sites for hydroxylation is 2. The fourth-order valence-corrected chi connectivity index (χ4v) is 23.8. The Bertz CT molecular complexity index is 2720. The standard InChI is InChI=1S/C58H76N2O2S4Si2/c1-9-11-13-15-17-19-21-23-25-27-33-59-53(44-30-29-39(3)63-44)51-52(58(59)62)54(60(57(51)61)34-28-26-24-22-20-18-16-14-12-10-2)45-32-31-43(65-45)46-38-50-56(66-46)42-37-47-41(36-48(42)68(50,7)8)55-49(67(47,5)6)35-40(4)64-55/h29-32,35-38H,9-28,33-34H2,1-8H3. The Kier molecular flexibility index (Phi) is 15.6. The number of hydrogen-bond acceptors (Lipinski definition) is 6. The van der Waals surface area contributed by atoms with Gasteiger partial charge in [0.2, 0.25) is 0 Å². The molecule has 4 aromatic heterocycles. The molecule has 4 nitrogen and oxygen atoms in total. The molecule has 0 unspecified atom stereocenters. The summed E-state index contributed by atoms with van der Waals surface area (Å²) in [6.45, 7) is 20.4. The van der Waals surface area contributed by atoms with Crippen LogP contribution in [0, 0.1) is 13.8 Å². The number of benzene rings is 1. The molecular formula is C58H76N2O2S4Si2. The van der Waals surface area contributed by atoms with Crippen LogP contribution in [0.2, 0.25) is 26.2 Å². The second-order valence-corrected chi connectivity index (χ2v) is 34.8. The highest BCUT2D eigenvalue weighted by molar-refractivity contribution is 7.27. The van der Waals surface area contributed by atoms with E-state index in [2.05, 4.69) is 102 Å². The van der Waals surface area contributed by atoms with Gasteiger partial charge < -0.3 is 9.80 Å². The minimum absolute atomic E-state index is 0.0174. The molecule has 10 heteroatoms. The van der Waals surface area contributed by atoms with Crippen molar-refractivity contribution >= 4 is 105 Å². The number of fused-ring (bicyclic) bond motifs is 7. The highest BCUT2D eigenvalue weighted by Gasteiger charge is 2.50. The van der Waals surface area contributed by atoms with Gasteiger partial charge in [0.15, 0.2) is 0 Å². The van der Waals surface area contributed by atoms with Gasteiger partial charge in [-0.1, -0.05) is 168 Å². The van der Waals surface area contributed by atoms with Crippen molar-refractivity contribution in [3.63, 3.8) is 0 Å². The molecule has 0 atom stereocenters. The first-order valence-electron chi connectivity index (χ1n) is 26.6. The number of carbonyl (C=O) groups excluding carboxylic acids is 2. The number of amides is 2. The summed E-state index contributed by atoms with van der Waals surface area (Å²) in [5.74, 6) is 0.0349. The molecule has 0 radical (unpaired) electrons. The molecule has 0 saturated carbocycles. The van der Waals surface area contributed by atoms with Crippen molar-refractivity contribution in [3.05, 3.63) is 79.2 Å². The fraction of sp³-hybridized carbons (Fsp3) is 0.517. The van der Waals surface area contributed by atoms with Crippen LogP contribution in [0.3, 0.4) is 0 Å². The average Bonchev–Trinajstić information content (AvgIpc) is 4.20.